The lowest BCUT2D eigenvalue weighted by molar-refractivity contribution is 0.617. The lowest BCUT2D eigenvalue weighted by Gasteiger charge is -2.04. The number of aryl methyl sites for hydroxylation is 1. The Morgan fingerprint density at radius 1 is 1.42 bits per heavy atom. The summed E-state index contributed by atoms with van der Waals surface area (Å²) in [6.45, 7) is 4.31. The van der Waals surface area contributed by atoms with E-state index < -0.39 is 0 Å². The largest absolute Gasteiger partial charge is 0.263 e. The van der Waals surface area contributed by atoms with Crippen molar-refractivity contribution in [2.45, 2.75) is 44.9 Å². The first-order chi connectivity index (χ1) is 5.80. The molecule has 0 unspecified atom stereocenters. The van der Waals surface area contributed by atoms with Gasteiger partial charge in [0.05, 0.1) is 0 Å². The summed E-state index contributed by atoms with van der Waals surface area (Å²) in [5.74, 6) is 2.06. The molecular formula is C9H15N3. The molecule has 1 aromatic heterocycles. The van der Waals surface area contributed by atoms with E-state index in [4.69, 9.17) is 0 Å². The van der Waals surface area contributed by atoms with Crippen LogP contribution in [0.4, 0.5) is 0 Å². The van der Waals surface area contributed by atoms with Gasteiger partial charge in [-0.1, -0.05) is 13.8 Å². The van der Waals surface area contributed by atoms with Crippen LogP contribution in [0, 0.1) is 0 Å². The van der Waals surface area contributed by atoms with Gasteiger partial charge in [-0.3, -0.25) is 5.10 Å². The van der Waals surface area contributed by atoms with E-state index in [-0.39, 0.29) is 0 Å². The van der Waals surface area contributed by atoms with Gasteiger partial charge in [-0.2, -0.15) is 5.10 Å². The van der Waals surface area contributed by atoms with E-state index in [1.807, 2.05) is 0 Å². The van der Waals surface area contributed by atoms with Crippen molar-refractivity contribution in [2.75, 3.05) is 0 Å². The molecule has 0 radical (unpaired) electrons. The van der Waals surface area contributed by atoms with Crippen molar-refractivity contribution >= 4 is 0 Å². The minimum absolute atomic E-state index is 0.351. The number of rotatable bonds is 3. The topological polar surface area (TPSA) is 41.6 Å². The van der Waals surface area contributed by atoms with Gasteiger partial charge in [-0.25, -0.2) is 4.98 Å². The normalized spacial score (nSPS) is 19.5. The number of aromatic amines is 1. The second-order valence-electron chi connectivity index (χ2n) is 3.59. The van der Waals surface area contributed by atoms with Gasteiger partial charge in [-0.15, -0.1) is 0 Å². The number of hydrogen-bond donors (Lipinski definition) is 1. The third-order valence-corrected chi connectivity index (χ3v) is 2.87. The predicted octanol–water partition coefficient (Wildman–Crippen LogP) is 1.81. The molecule has 12 heavy (non-hydrogen) atoms. The number of hydrogen-bond acceptors (Lipinski definition) is 2. The molecule has 66 valence electrons. The van der Waals surface area contributed by atoms with Crippen molar-refractivity contribution in [1.29, 1.82) is 0 Å². The molecule has 0 saturated heterocycles. The zero-order chi connectivity index (χ0) is 8.60. The number of H-pyrrole nitrogens is 1. The molecule has 0 aliphatic heterocycles. The van der Waals surface area contributed by atoms with Crippen LogP contribution in [-0.4, -0.2) is 15.2 Å². The maximum atomic E-state index is 4.47. The first-order valence-corrected chi connectivity index (χ1v) is 4.72. The van der Waals surface area contributed by atoms with Gasteiger partial charge in [0.25, 0.3) is 0 Å². The Kier molecular flexibility index (Phi) is 1.67. The minimum atomic E-state index is 0.351. The van der Waals surface area contributed by atoms with Gasteiger partial charge in [0.15, 0.2) is 5.82 Å². The van der Waals surface area contributed by atoms with Gasteiger partial charge in [0.1, 0.15) is 5.82 Å². The van der Waals surface area contributed by atoms with E-state index in [0.717, 1.165) is 18.1 Å². The summed E-state index contributed by atoms with van der Waals surface area (Å²) >= 11 is 0. The molecule has 1 aromatic rings. The maximum absolute atomic E-state index is 4.47. The molecule has 0 amide bonds. The van der Waals surface area contributed by atoms with Crippen LogP contribution in [0.25, 0.3) is 0 Å². The molecule has 0 atom stereocenters. The minimum Gasteiger partial charge on any atom is -0.263 e. The maximum Gasteiger partial charge on any atom is 0.156 e. The number of nitrogens with one attached hydrogen (secondary N) is 1. The number of nitrogens with zero attached hydrogens (tertiary/aromatic N) is 2. The molecule has 3 heteroatoms. The third-order valence-electron chi connectivity index (χ3n) is 2.87. The lowest BCUT2D eigenvalue weighted by Crippen LogP contribution is -2.06. The standard InChI is InChI=1S/C9H15N3/c1-3-7-10-8(12-11-7)9(4-2)5-6-9/h3-6H2,1-2H3,(H,10,11,12). The van der Waals surface area contributed by atoms with Crippen LogP contribution in [0.5, 0.6) is 0 Å². The molecule has 1 aliphatic carbocycles. The van der Waals surface area contributed by atoms with Gasteiger partial charge in [0, 0.05) is 11.8 Å². The van der Waals surface area contributed by atoms with Crippen LogP contribution in [0.3, 0.4) is 0 Å². The molecule has 1 fully saturated rings. The van der Waals surface area contributed by atoms with Crippen molar-refractivity contribution in [3.63, 3.8) is 0 Å². The highest BCUT2D eigenvalue weighted by molar-refractivity contribution is 5.16. The zero-order valence-corrected chi connectivity index (χ0v) is 7.72. The van der Waals surface area contributed by atoms with Gasteiger partial charge in [0.2, 0.25) is 0 Å². The summed E-state index contributed by atoms with van der Waals surface area (Å²) in [6, 6.07) is 0. The second-order valence-corrected chi connectivity index (χ2v) is 3.59. The van der Waals surface area contributed by atoms with E-state index in [1.54, 1.807) is 0 Å². The Morgan fingerprint density at radius 2 is 2.17 bits per heavy atom. The van der Waals surface area contributed by atoms with E-state index >= 15 is 0 Å². The highest BCUT2D eigenvalue weighted by Gasteiger charge is 2.45. The lowest BCUT2D eigenvalue weighted by atomic mass is 10.0. The smallest absolute Gasteiger partial charge is 0.156 e. The third kappa shape index (κ3) is 1.04. The molecular weight excluding hydrogens is 150 g/mol. The van der Waals surface area contributed by atoms with E-state index in [1.165, 1.54) is 19.3 Å². The Labute approximate surface area is 72.6 Å². The monoisotopic (exact) mass is 165 g/mol. The first kappa shape index (κ1) is 7.77. The van der Waals surface area contributed by atoms with Gasteiger partial charge >= 0.3 is 0 Å². The summed E-state index contributed by atoms with van der Waals surface area (Å²) < 4.78 is 0. The molecule has 0 bridgehead atoms. The second kappa shape index (κ2) is 2.57. The SMILES string of the molecule is CCc1nc(C2(CC)CC2)n[nH]1. The molecule has 1 saturated carbocycles. The number of aromatic nitrogens is 3. The summed E-state index contributed by atoms with van der Waals surface area (Å²) in [4.78, 5) is 4.47. The Hall–Kier alpha value is -0.860. The molecule has 0 spiro atoms. The van der Waals surface area contributed by atoms with Crippen molar-refractivity contribution in [3.05, 3.63) is 11.6 Å². The fourth-order valence-electron chi connectivity index (χ4n) is 1.58. The van der Waals surface area contributed by atoms with Crippen LogP contribution in [0.1, 0.15) is 44.8 Å². The molecule has 1 heterocycles. The molecule has 2 rings (SSSR count). The summed E-state index contributed by atoms with van der Waals surface area (Å²) in [6.07, 6.45) is 4.66. The van der Waals surface area contributed by atoms with Crippen molar-refractivity contribution < 1.29 is 0 Å². The highest BCUT2D eigenvalue weighted by Crippen LogP contribution is 2.49. The van der Waals surface area contributed by atoms with Gasteiger partial charge < -0.3 is 0 Å². The Morgan fingerprint density at radius 3 is 2.58 bits per heavy atom. The summed E-state index contributed by atoms with van der Waals surface area (Å²) in [7, 11) is 0. The van der Waals surface area contributed by atoms with E-state index in [0.29, 0.717) is 5.41 Å². The van der Waals surface area contributed by atoms with Crippen molar-refractivity contribution in [3.8, 4) is 0 Å². The molecule has 0 aromatic carbocycles. The first-order valence-electron chi connectivity index (χ1n) is 4.72. The Balaban J connectivity index is 2.23. The highest BCUT2D eigenvalue weighted by atomic mass is 15.2. The van der Waals surface area contributed by atoms with Crippen LogP contribution >= 0.6 is 0 Å². The Bertz CT molecular complexity index is 273. The van der Waals surface area contributed by atoms with Crippen LogP contribution < -0.4 is 0 Å². The summed E-state index contributed by atoms with van der Waals surface area (Å²) in [5, 5.41) is 7.23. The van der Waals surface area contributed by atoms with Crippen molar-refractivity contribution in [1.82, 2.24) is 15.2 Å². The van der Waals surface area contributed by atoms with Crippen LogP contribution in [0.15, 0.2) is 0 Å². The zero-order valence-electron chi connectivity index (χ0n) is 7.72. The van der Waals surface area contributed by atoms with Gasteiger partial charge in [-0.05, 0) is 19.3 Å². The van der Waals surface area contributed by atoms with Crippen LogP contribution in [-0.2, 0) is 11.8 Å². The van der Waals surface area contributed by atoms with E-state index in [9.17, 15) is 0 Å². The quantitative estimate of drug-likeness (QED) is 0.742. The molecule has 1 N–H and O–H groups in total. The average molecular weight is 165 g/mol. The fraction of sp³-hybridized carbons (Fsp3) is 0.778. The van der Waals surface area contributed by atoms with Crippen LogP contribution in [0.2, 0.25) is 0 Å². The predicted molar refractivity (Wildman–Crippen MR) is 47.0 cm³/mol. The fourth-order valence-corrected chi connectivity index (χ4v) is 1.58. The average Bonchev–Trinajstić information content (AvgIpc) is 2.77. The summed E-state index contributed by atoms with van der Waals surface area (Å²) in [5.41, 5.74) is 0.351. The van der Waals surface area contributed by atoms with E-state index in [2.05, 4.69) is 29.0 Å². The molecule has 1 aliphatic rings. The van der Waals surface area contributed by atoms with Crippen molar-refractivity contribution in [2.24, 2.45) is 0 Å². The molecule has 3 nitrogen and oxygen atoms in total.